The third-order valence-corrected chi connectivity index (χ3v) is 2.90. The largest absolute Gasteiger partial charge is 0.478 e. The first-order chi connectivity index (χ1) is 8.18. The third kappa shape index (κ3) is 2.33. The van der Waals surface area contributed by atoms with Crippen molar-refractivity contribution in [2.75, 3.05) is 13.2 Å². The van der Waals surface area contributed by atoms with E-state index in [1.165, 1.54) is 0 Å². The second kappa shape index (κ2) is 4.85. The summed E-state index contributed by atoms with van der Waals surface area (Å²) in [6.07, 6.45) is 1.72. The number of carboxylic acids is 1. The van der Waals surface area contributed by atoms with E-state index in [1.54, 1.807) is 24.3 Å². The Morgan fingerprint density at radius 2 is 1.88 bits per heavy atom. The lowest BCUT2D eigenvalue weighted by molar-refractivity contribution is -0.170. The first-order valence-corrected chi connectivity index (χ1v) is 5.80. The smallest absolute Gasteiger partial charge is 0.335 e. The molecular weight excluding hydrogens is 220 g/mol. The fraction of sp³-hybridized carbons (Fsp3) is 0.462. The topological polar surface area (TPSA) is 55.8 Å². The average Bonchev–Trinajstić information content (AvgIpc) is 2.79. The maximum absolute atomic E-state index is 10.8. The summed E-state index contributed by atoms with van der Waals surface area (Å²) in [7, 11) is 0. The van der Waals surface area contributed by atoms with E-state index in [4.69, 9.17) is 14.6 Å². The lowest BCUT2D eigenvalue weighted by Crippen LogP contribution is -2.26. The summed E-state index contributed by atoms with van der Waals surface area (Å²) in [5, 5.41) is 8.85. The predicted octanol–water partition coefficient (Wildman–Crippen LogP) is 2.38. The first-order valence-electron chi connectivity index (χ1n) is 5.80. The zero-order chi connectivity index (χ0) is 12.3. The number of hydrogen-bond donors (Lipinski definition) is 1. The van der Waals surface area contributed by atoms with Crippen molar-refractivity contribution in [3.05, 3.63) is 35.4 Å². The van der Waals surface area contributed by atoms with Crippen LogP contribution < -0.4 is 0 Å². The average molecular weight is 236 g/mol. The van der Waals surface area contributed by atoms with Crippen molar-refractivity contribution in [2.24, 2.45) is 0 Å². The summed E-state index contributed by atoms with van der Waals surface area (Å²) in [6.45, 7) is 3.24. The highest BCUT2D eigenvalue weighted by atomic mass is 16.7. The molecule has 1 aliphatic heterocycles. The van der Waals surface area contributed by atoms with Gasteiger partial charge in [0.15, 0.2) is 5.79 Å². The molecular formula is C13H16O4. The van der Waals surface area contributed by atoms with Gasteiger partial charge >= 0.3 is 5.97 Å². The highest BCUT2D eigenvalue weighted by molar-refractivity contribution is 5.87. The number of carboxylic acid groups (broad SMARTS) is 1. The maximum Gasteiger partial charge on any atom is 0.335 e. The SMILES string of the molecule is CCCC1(c2ccc(C(=O)O)cc2)OCCO1. The summed E-state index contributed by atoms with van der Waals surface area (Å²) in [6, 6.07) is 6.70. The van der Waals surface area contributed by atoms with Crippen molar-refractivity contribution in [3.8, 4) is 0 Å². The van der Waals surface area contributed by atoms with Gasteiger partial charge in [0.1, 0.15) is 0 Å². The summed E-state index contributed by atoms with van der Waals surface area (Å²) >= 11 is 0. The Hall–Kier alpha value is -1.39. The molecule has 92 valence electrons. The van der Waals surface area contributed by atoms with Crippen LogP contribution in [0.2, 0.25) is 0 Å². The van der Waals surface area contributed by atoms with Crippen molar-refractivity contribution < 1.29 is 19.4 Å². The van der Waals surface area contributed by atoms with Gasteiger partial charge in [0.05, 0.1) is 18.8 Å². The Morgan fingerprint density at radius 3 is 2.35 bits per heavy atom. The number of carbonyl (C=O) groups is 1. The maximum atomic E-state index is 10.8. The van der Waals surface area contributed by atoms with Gasteiger partial charge in [-0.25, -0.2) is 4.79 Å². The first kappa shape index (κ1) is 12.1. The highest BCUT2D eigenvalue weighted by Gasteiger charge is 2.37. The number of ether oxygens (including phenoxy) is 2. The molecule has 4 heteroatoms. The molecule has 1 aliphatic rings. The minimum Gasteiger partial charge on any atom is -0.478 e. The van der Waals surface area contributed by atoms with Crippen molar-refractivity contribution >= 4 is 5.97 Å². The number of benzene rings is 1. The van der Waals surface area contributed by atoms with Gasteiger partial charge < -0.3 is 14.6 Å². The fourth-order valence-corrected chi connectivity index (χ4v) is 2.11. The van der Waals surface area contributed by atoms with E-state index in [2.05, 4.69) is 6.92 Å². The van der Waals surface area contributed by atoms with Crippen LogP contribution in [0.3, 0.4) is 0 Å². The monoisotopic (exact) mass is 236 g/mol. The van der Waals surface area contributed by atoms with Crippen molar-refractivity contribution in [2.45, 2.75) is 25.6 Å². The van der Waals surface area contributed by atoms with Gasteiger partial charge in [-0.1, -0.05) is 25.5 Å². The molecule has 0 radical (unpaired) electrons. The number of aromatic carboxylic acids is 1. The quantitative estimate of drug-likeness (QED) is 0.872. The lowest BCUT2D eigenvalue weighted by Gasteiger charge is -2.27. The molecule has 4 nitrogen and oxygen atoms in total. The van der Waals surface area contributed by atoms with E-state index in [0.717, 1.165) is 18.4 Å². The summed E-state index contributed by atoms with van der Waals surface area (Å²) in [5.74, 6) is -1.60. The van der Waals surface area contributed by atoms with Crippen LogP contribution in [-0.4, -0.2) is 24.3 Å². The van der Waals surface area contributed by atoms with Gasteiger partial charge in [0, 0.05) is 12.0 Å². The minimum atomic E-state index is -0.922. The minimum absolute atomic E-state index is 0.276. The van der Waals surface area contributed by atoms with E-state index >= 15 is 0 Å². The van der Waals surface area contributed by atoms with Crippen LogP contribution >= 0.6 is 0 Å². The summed E-state index contributed by atoms with van der Waals surface area (Å²) in [5.41, 5.74) is 1.17. The molecule has 0 saturated carbocycles. The van der Waals surface area contributed by atoms with Crippen LogP contribution in [0.5, 0.6) is 0 Å². The molecule has 1 fully saturated rings. The fourth-order valence-electron chi connectivity index (χ4n) is 2.11. The predicted molar refractivity (Wildman–Crippen MR) is 61.9 cm³/mol. The second-order valence-corrected chi connectivity index (χ2v) is 4.08. The molecule has 0 unspecified atom stereocenters. The molecule has 1 saturated heterocycles. The second-order valence-electron chi connectivity index (χ2n) is 4.08. The van der Waals surface area contributed by atoms with Gasteiger partial charge in [0.25, 0.3) is 0 Å². The molecule has 0 bridgehead atoms. The van der Waals surface area contributed by atoms with Gasteiger partial charge in [-0.2, -0.15) is 0 Å². The van der Waals surface area contributed by atoms with E-state index in [-0.39, 0.29) is 5.56 Å². The molecule has 17 heavy (non-hydrogen) atoms. The van der Waals surface area contributed by atoms with Crippen LogP contribution in [0.15, 0.2) is 24.3 Å². The van der Waals surface area contributed by atoms with E-state index < -0.39 is 11.8 Å². The molecule has 1 aromatic rings. The van der Waals surface area contributed by atoms with E-state index in [1.807, 2.05) is 0 Å². The van der Waals surface area contributed by atoms with Gasteiger partial charge in [-0.05, 0) is 12.1 Å². The molecule has 0 spiro atoms. The molecule has 1 heterocycles. The lowest BCUT2D eigenvalue weighted by atomic mass is 9.99. The summed E-state index contributed by atoms with van der Waals surface area (Å²) < 4.78 is 11.4. The molecule has 1 aromatic carbocycles. The normalized spacial score (nSPS) is 18.2. The zero-order valence-electron chi connectivity index (χ0n) is 9.81. The molecule has 0 amide bonds. The number of rotatable bonds is 4. The Balaban J connectivity index is 2.27. The molecule has 0 aromatic heterocycles. The molecule has 2 rings (SSSR count). The Labute approximate surface area is 100 Å². The zero-order valence-corrected chi connectivity index (χ0v) is 9.81. The Morgan fingerprint density at radius 1 is 1.29 bits per heavy atom. The Bertz CT molecular complexity index is 390. The van der Waals surface area contributed by atoms with E-state index in [0.29, 0.717) is 13.2 Å². The standard InChI is InChI=1S/C13H16O4/c1-2-7-13(16-8-9-17-13)11-5-3-10(4-6-11)12(14)15/h3-6H,2,7-9H2,1H3,(H,14,15). The van der Waals surface area contributed by atoms with Crippen LogP contribution in [0.25, 0.3) is 0 Å². The van der Waals surface area contributed by atoms with Crippen molar-refractivity contribution in [1.82, 2.24) is 0 Å². The molecule has 1 N–H and O–H groups in total. The number of hydrogen-bond acceptors (Lipinski definition) is 3. The molecule has 0 atom stereocenters. The molecule has 0 aliphatic carbocycles. The van der Waals surface area contributed by atoms with Crippen LogP contribution in [-0.2, 0) is 15.3 Å². The van der Waals surface area contributed by atoms with E-state index in [9.17, 15) is 4.79 Å². The van der Waals surface area contributed by atoms with Crippen molar-refractivity contribution in [3.63, 3.8) is 0 Å². The van der Waals surface area contributed by atoms with Crippen molar-refractivity contribution in [1.29, 1.82) is 0 Å². The highest BCUT2D eigenvalue weighted by Crippen LogP contribution is 2.35. The van der Waals surface area contributed by atoms with Gasteiger partial charge in [-0.15, -0.1) is 0 Å². The Kier molecular flexibility index (Phi) is 3.45. The third-order valence-electron chi connectivity index (χ3n) is 2.90. The van der Waals surface area contributed by atoms with Crippen LogP contribution in [0.1, 0.15) is 35.7 Å². The van der Waals surface area contributed by atoms with Crippen LogP contribution in [0.4, 0.5) is 0 Å². The van der Waals surface area contributed by atoms with Crippen LogP contribution in [0, 0.1) is 0 Å². The van der Waals surface area contributed by atoms with Gasteiger partial charge in [0.2, 0.25) is 0 Å². The van der Waals surface area contributed by atoms with Gasteiger partial charge in [-0.3, -0.25) is 0 Å². The summed E-state index contributed by atoms with van der Waals surface area (Å²) in [4.78, 5) is 10.8.